The Kier molecular flexibility index (Phi) is 3.39. The van der Waals surface area contributed by atoms with Crippen molar-refractivity contribution in [1.29, 1.82) is 0 Å². The summed E-state index contributed by atoms with van der Waals surface area (Å²) in [6.45, 7) is 3.98. The molecule has 0 fully saturated rings. The number of rotatable bonds is 4. The number of ether oxygens (including phenoxy) is 1. The van der Waals surface area contributed by atoms with Crippen LogP contribution in [0, 0.1) is 6.92 Å². The van der Waals surface area contributed by atoms with Crippen molar-refractivity contribution >= 4 is 16.9 Å². The van der Waals surface area contributed by atoms with Crippen LogP contribution in [0.1, 0.15) is 12.8 Å². The number of aromatic nitrogens is 4. The van der Waals surface area contributed by atoms with Crippen LogP contribution in [0.25, 0.3) is 22.3 Å². The van der Waals surface area contributed by atoms with Crippen LogP contribution in [0.3, 0.4) is 0 Å². The normalized spacial score (nSPS) is 11.0. The van der Waals surface area contributed by atoms with E-state index in [1.807, 2.05) is 18.2 Å². The molecular formula is C14H14N4O3. The number of esters is 1. The van der Waals surface area contributed by atoms with Crippen molar-refractivity contribution in [3.63, 3.8) is 0 Å². The Hall–Kier alpha value is -2.70. The predicted octanol–water partition coefficient (Wildman–Crippen LogP) is 1.96. The maximum Gasteiger partial charge on any atom is 0.327 e. The first-order valence-corrected chi connectivity index (χ1v) is 6.59. The monoisotopic (exact) mass is 286 g/mol. The number of carbonyl (C=O) groups is 1. The maximum atomic E-state index is 11.5. The lowest BCUT2D eigenvalue weighted by Gasteiger charge is -2.00. The molecule has 0 radical (unpaired) electrons. The molecule has 0 spiro atoms. The second kappa shape index (κ2) is 5.35. The first-order chi connectivity index (χ1) is 10.2. The fraction of sp³-hybridized carbons (Fsp3) is 0.286. The lowest BCUT2D eigenvalue weighted by molar-refractivity contribution is -0.144. The van der Waals surface area contributed by atoms with Gasteiger partial charge in [-0.15, -0.1) is 0 Å². The van der Waals surface area contributed by atoms with Crippen LogP contribution in [0.2, 0.25) is 0 Å². The molecule has 7 nitrogen and oxygen atoms in total. The number of aryl methyl sites for hydroxylation is 1. The standard InChI is InChI=1S/C14H14N4O3/c1-3-20-13(19)8-18-7-11-6-10(4-5-12(11)16-18)14-15-9(2)21-17-14/h4-7H,3,8H2,1-2H3. The fourth-order valence-corrected chi connectivity index (χ4v) is 2.05. The van der Waals surface area contributed by atoms with Crippen molar-refractivity contribution in [2.75, 3.05) is 6.61 Å². The molecule has 0 aliphatic rings. The van der Waals surface area contributed by atoms with Crippen molar-refractivity contribution in [2.45, 2.75) is 20.4 Å². The largest absolute Gasteiger partial charge is 0.465 e. The minimum atomic E-state index is -0.306. The smallest absolute Gasteiger partial charge is 0.327 e. The molecule has 0 aliphatic carbocycles. The van der Waals surface area contributed by atoms with Gasteiger partial charge in [0.25, 0.3) is 0 Å². The molecule has 3 aromatic rings. The molecule has 7 heteroatoms. The van der Waals surface area contributed by atoms with E-state index < -0.39 is 0 Å². The quantitative estimate of drug-likeness (QED) is 0.682. The molecule has 2 aromatic heterocycles. The minimum Gasteiger partial charge on any atom is -0.465 e. The first-order valence-electron chi connectivity index (χ1n) is 6.59. The summed E-state index contributed by atoms with van der Waals surface area (Å²) in [5.41, 5.74) is 1.64. The Balaban J connectivity index is 1.90. The van der Waals surface area contributed by atoms with Crippen molar-refractivity contribution in [3.8, 4) is 11.4 Å². The van der Waals surface area contributed by atoms with Crippen LogP contribution in [0.5, 0.6) is 0 Å². The van der Waals surface area contributed by atoms with E-state index >= 15 is 0 Å². The maximum absolute atomic E-state index is 11.5. The molecule has 21 heavy (non-hydrogen) atoms. The van der Waals surface area contributed by atoms with Crippen LogP contribution in [0.15, 0.2) is 28.9 Å². The van der Waals surface area contributed by atoms with Crippen LogP contribution in [-0.4, -0.2) is 32.5 Å². The molecule has 0 saturated heterocycles. The van der Waals surface area contributed by atoms with Crippen molar-refractivity contribution in [2.24, 2.45) is 0 Å². The Morgan fingerprint density at radius 2 is 2.29 bits per heavy atom. The van der Waals surface area contributed by atoms with Gasteiger partial charge in [0.1, 0.15) is 6.54 Å². The Morgan fingerprint density at radius 3 is 3.00 bits per heavy atom. The molecular weight excluding hydrogens is 272 g/mol. The summed E-state index contributed by atoms with van der Waals surface area (Å²) in [6, 6.07) is 5.64. The Labute approximate surface area is 120 Å². The molecule has 0 atom stereocenters. The van der Waals surface area contributed by atoms with Gasteiger partial charge >= 0.3 is 5.97 Å². The van der Waals surface area contributed by atoms with Gasteiger partial charge in [-0.25, -0.2) is 0 Å². The van der Waals surface area contributed by atoms with E-state index in [1.165, 1.54) is 0 Å². The van der Waals surface area contributed by atoms with Crippen molar-refractivity contribution in [3.05, 3.63) is 30.3 Å². The van der Waals surface area contributed by atoms with Gasteiger partial charge in [0.2, 0.25) is 11.7 Å². The summed E-state index contributed by atoms with van der Waals surface area (Å²) in [7, 11) is 0. The molecule has 108 valence electrons. The highest BCUT2D eigenvalue weighted by Gasteiger charge is 2.10. The van der Waals surface area contributed by atoms with E-state index in [1.54, 1.807) is 24.7 Å². The third-order valence-electron chi connectivity index (χ3n) is 2.93. The van der Waals surface area contributed by atoms with Crippen molar-refractivity contribution in [1.82, 2.24) is 19.9 Å². The predicted molar refractivity (Wildman–Crippen MR) is 74.4 cm³/mol. The average molecular weight is 286 g/mol. The van der Waals surface area contributed by atoms with Gasteiger partial charge < -0.3 is 9.26 Å². The SMILES string of the molecule is CCOC(=O)Cn1cc2cc(-c3noc(C)n3)ccc2n1. The Bertz CT molecular complexity index is 790. The lowest BCUT2D eigenvalue weighted by Crippen LogP contribution is -2.13. The number of nitrogens with zero attached hydrogens (tertiary/aromatic N) is 4. The van der Waals surface area contributed by atoms with Gasteiger partial charge in [-0.3, -0.25) is 9.48 Å². The van der Waals surface area contributed by atoms with Gasteiger partial charge in [0, 0.05) is 24.1 Å². The van der Waals surface area contributed by atoms with E-state index in [4.69, 9.17) is 9.26 Å². The van der Waals surface area contributed by atoms with Crippen LogP contribution >= 0.6 is 0 Å². The molecule has 3 rings (SSSR count). The molecule has 1 aromatic carbocycles. The van der Waals surface area contributed by atoms with E-state index in [-0.39, 0.29) is 12.5 Å². The zero-order valence-corrected chi connectivity index (χ0v) is 11.7. The summed E-state index contributed by atoms with van der Waals surface area (Å²) in [4.78, 5) is 15.7. The van der Waals surface area contributed by atoms with Crippen LogP contribution in [0.4, 0.5) is 0 Å². The number of hydrogen-bond acceptors (Lipinski definition) is 6. The van der Waals surface area contributed by atoms with Crippen LogP contribution < -0.4 is 0 Å². The second-order valence-electron chi connectivity index (χ2n) is 4.54. The van der Waals surface area contributed by atoms with E-state index in [9.17, 15) is 4.79 Å². The summed E-state index contributed by atoms with van der Waals surface area (Å²) in [6.07, 6.45) is 1.79. The molecule has 0 unspecified atom stereocenters. The molecule has 2 heterocycles. The Morgan fingerprint density at radius 1 is 1.43 bits per heavy atom. The highest BCUT2D eigenvalue weighted by Crippen LogP contribution is 2.21. The van der Waals surface area contributed by atoms with E-state index in [0.717, 1.165) is 16.5 Å². The van der Waals surface area contributed by atoms with Gasteiger partial charge in [-0.1, -0.05) is 5.16 Å². The number of hydrogen-bond donors (Lipinski definition) is 0. The molecule has 0 aliphatic heterocycles. The second-order valence-corrected chi connectivity index (χ2v) is 4.54. The fourth-order valence-electron chi connectivity index (χ4n) is 2.05. The summed E-state index contributed by atoms with van der Waals surface area (Å²) < 4.78 is 11.4. The molecule has 0 saturated carbocycles. The number of fused-ring (bicyclic) bond motifs is 1. The van der Waals surface area contributed by atoms with Gasteiger partial charge in [0.05, 0.1) is 12.1 Å². The van der Waals surface area contributed by atoms with E-state index in [0.29, 0.717) is 18.3 Å². The van der Waals surface area contributed by atoms with Gasteiger partial charge in [-0.05, 0) is 25.1 Å². The zero-order chi connectivity index (χ0) is 14.8. The summed E-state index contributed by atoms with van der Waals surface area (Å²) >= 11 is 0. The zero-order valence-electron chi connectivity index (χ0n) is 11.7. The molecule has 0 amide bonds. The third-order valence-corrected chi connectivity index (χ3v) is 2.93. The summed E-state index contributed by atoms with van der Waals surface area (Å²) in [5, 5.41) is 9.11. The number of benzene rings is 1. The molecule has 0 N–H and O–H groups in total. The van der Waals surface area contributed by atoms with Crippen LogP contribution in [-0.2, 0) is 16.1 Å². The van der Waals surface area contributed by atoms with Crippen molar-refractivity contribution < 1.29 is 14.1 Å². The minimum absolute atomic E-state index is 0.0964. The average Bonchev–Trinajstić information content (AvgIpc) is 3.03. The topological polar surface area (TPSA) is 83.0 Å². The molecule has 0 bridgehead atoms. The lowest BCUT2D eigenvalue weighted by atomic mass is 10.1. The van der Waals surface area contributed by atoms with E-state index in [2.05, 4.69) is 15.2 Å². The highest BCUT2D eigenvalue weighted by molar-refractivity contribution is 5.83. The number of carbonyl (C=O) groups excluding carboxylic acids is 1. The van der Waals surface area contributed by atoms with Gasteiger partial charge in [0.15, 0.2) is 0 Å². The first kappa shape index (κ1) is 13.3. The third kappa shape index (κ3) is 2.76. The highest BCUT2D eigenvalue weighted by atomic mass is 16.5. The summed E-state index contributed by atoms with van der Waals surface area (Å²) in [5.74, 6) is 0.745. The van der Waals surface area contributed by atoms with Gasteiger partial charge in [-0.2, -0.15) is 10.1 Å².